The van der Waals surface area contributed by atoms with E-state index in [9.17, 15) is 9.59 Å². The number of rotatable bonds is 6. The molecule has 18 heavy (non-hydrogen) atoms. The van der Waals surface area contributed by atoms with E-state index in [1.54, 1.807) is 0 Å². The van der Waals surface area contributed by atoms with Crippen molar-refractivity contribution in [3.05, 3.63) is 0 Å². The van der Waals surface area contributed by atoms with Crippen LogP contribution in [0.4, 0.5) is 0 Å². The van der Waals surface area contributed by atoms with Gasteiger partial charge in [0, 0.05) is 19.6 Å². The summed E-state index contributed by atoms with van der Waals surface area (Å²) in [6.45, 7) is 6.85. The van der Waals surface area contributed by atoms with Crippen molar-refractivity contribution in [2.45, 2.75) is 19.8 Å². The lowest BCUT2D eigenvalue weighted by molar-refractivity contribution is -0.126. The molecular formula is C12H24N4O2. The summed E-state index contributed by atoms with van der Waals surface area (Å²) in [6, 6.07) is 0. The van der Waals surface area contributed by atoms with Crippen LogP contribution in [-0.2, 0) is 9.59 Å². The van der Waals surface area contributed by atoms with Crippen LogP contribution in [0.5, 0.6) is 0 Å². The SMILES string of the molecule is CCCNC(=O)CNC(=O)CN1CCCNCC1. The summed E-state index contributed by atoms with van der Waals surface area (Å²) in [5, 5.41) is 8.66. The third kappa shape index (κ3) is 6.56. The summed E-state index contributed by atoms with van der Waals surface area (Å²) in [4.78, 5) is 25.1. The number of nitrogens with zero attached hydrogens (tertiary/aromatic N) is 1. The van der Waals surface area contributed by atoms with Crippen LogP contribution in [0.1, 0.15) is 19.8 Å². The third-order valence-corrected chi connectivity index (χ3v) is 2.82. The Labute approximate surface area is 108 Å². The first-order chi connectivity index (χ1) is 8.72. The number of carbonyl (C=O) groups is 2. The highest BCUT2D eigenvalue weighted by molar-refractivity contribution is 5.85. The minimum absolute atomic E-state index is 0.0743. The zero-order valence-corrected chi connectivity index (χ0v) is 11.1. The Morgan fingerprint density at radius 1 is 1.17 bits per heavy atom. The molecule has 1 heterocycles. The Bertz CT molecular complexity index is 263. The van der Waals surface area contributed by atoms with Crippen molar-refractivity contribution >= 4 is 11.8 Å². The van der Waals surface area contributed by atoms with E-state index >= 15 is 0 Å². The molecule has 2 amide bonds. The molecule has 0 atom stereocenters. The van der Waals surface area contributed by atoms with E-state index in [0.29, 0.717) is 13.1 Å². The second-order valence-corrected chi connectivity index (χ2v) is 4.51. The van der Waals surface area contributed by atoms with Crippen LogP contribution in [0.25, 0.3) is 0 Å². The fraction of sp³-hybridized carbons (Fsp3) is 0.833. The first kappa shape index (κ1) is 14.9. The molecule has 0 unspecified atom stereocenters. The molecule has 1 fully saturated rings. The summed E-state index contributed by atoms with van der Waals surface area (Å²) >= 11 is 0. The van der Waals surface area contributed by atoms with Crippen molar-refractivity contribution in [1.29, 1.82) is 0 Å². The quantitative estimate of drug-likeness (QED) is 0.565. The Kier molecular flexibility index (Phi) is 7.36. The van der Waals surface area contributed by atoms with Gasteiger partial charge in [-0.05, 0) is 25.9 Å². The van der Waals surface area contributed by atoms with Crippen molar-refractivity contribution in [3.63, 3.8) is 0 Å². The van der Waals surface area contributed by atoms with Crippen LogP contribution in [0.2, 0.25) is 0 Å². The minimum atomic E-state index is -0.122. The van der Waals surface area contributed by atoms with Crippen LogP contribution >= 0.6 is 0 Å². The van der Waals surface area contributed by atoms with Gasteiger partial charge in [0.25, 0.3) is 0 Å². The van der Waals surface area contributed by atoms with E-state index in [0.717, 1.165) is 39.0 Å². The average Bonchev–Trinajstić information content (AvgIpc) is 2.62. The van der Waals surface area contributed by atoms with Gasteiger partial charge < -0.3 is 16.0 Å². The van der Waals surface area contributed by atoms with E-state index in [4.69, 9.17) is 0 Å². The highest BCUT2D eigenvalue weighted by atomic mass is 16.2. The molecule has 104 valence electrons. The first-order valence-corrected chi connectivity index (χ1v) is 6.69. The van der Waals surface area contributed by atoms with Gasteiger partial charge in [-0.15, -0.1) is 0 Å². The summed E-state index contributed by atoms with van der Waals surface area (Å²) < 4.78 is 0. The van der Waals surface area contributed by atoms with Crippen LogP contribution in [0.3, 0.4) is 0 Å². The maximum atomic E-state index is 11.6. The predicted octanol–water partition coefficient (Wildman–Crippen LogP) is -1.08. The fourth-order valence-corrected chi connectivity index (χ4v) is 1.82. The monoisotopic (exact) mass is 256 g/mol. The molecule has 0 aromatic heterocycles. The number of carbonyl (C=O) groups excluding carboxylic acids is 2. The van der Waals surface area contributed by atoms with Gasteiger partial charge in [-0.3, -0.25) is 14.5 Å². The predicted molar refractivity (Wildman–Crippen MR) is 70.2 cm³/mol. The zero-order chi connectivity index (χ0) is 13.2. The number of hydrogen-bond acceptors (Lipinski definition) is 4. The molecule has 1 saturated heterocycles. The topological polar surface area (TPSA) is 73.5 Å². The smallest absolute Gasteiger partial charge is 0.239 e. The summed E-state index contributed by atoms with van der Waals surface area (Å²) in [5.41, 5.74) is 0. The average molecular weight is 256 g/mol. The van der Waals surface area contributed by atoms with Crippen LogP contribution in [0, 0.1) is 0 Å². The molecule has 6 nitrogen and oxygen atoms in total. The van der Waals surface area contributed by atoms with Gasteiger partial charge in [0.05, 0.1) is 13.1 Å². The van der Waals surface area contributed by atoms with E-state index in [1.165, 1.54) is 0 Å². The molecule has 0 radical (unpaired) electrons. The lowest BCUT2D eigenvalue weighted by atomic mass is 10.4. The summed E-state index contributed by atoms with van der Waals surface area (Å²) in [5.74, 6) is -0.203. The van der Waals surface area contributed by atoms with Gasteiger partial charge in [-0.2, -0.15) is 0 Å². The lowest BCUT2D eigenvalue weighted by Gasteiger charge is -2.18. The van der Waals surface area contributed by atoms with E-state index in [2.05, 4.69) is 20.9 Å². The normalized spacial score (nSPS) is 16.9. The van der Waals surface area contributed by atoms with E-state index in [-0.39, 0.29) is 18.4 Å². The van der Waals surface area contributed by atoms with Gasteiger partial charge in [0.15, 0.2) is 0 Å². The van der Waals surface area contributed by atoms with Gasteiger partial charge in [-0.25, -0.2) is 0 Å². The fourth-order valence-electron chi connectivity index (χ4n) is 1.82. The molecular weight excluding hydrogens is 232 g/mol. The van der Waals surface area contributed by atoms with Gasteiger partial charge in [-0.1, -0.05) is 6.92 Å². The molecule has 1 aliphatic heterocycles. The molecule has 3 N–H and O–H groups in total. The number of hydrogen-bond donors (Lipinski definition) is 3. The molecule has 0 aromatic carbocycles. The molecule has 1 aliphatic rings. The molecule has 0 spiro atoms. The van der Waals surface area contributed by atoms with Crippen LogP contribution < -0.4 is 16.0 Å². The van der Waals surface area contributed by atoms with E-state index < -0.39 is 0 Å². The number of nitrogens with one attached hydrogen (secondary N) is 3. The first-order valence-electron chi connectivity index (χ1n) is 6.69. The maximum Gasteiger partial charge on any atom is 0.239 e. The van der Waals surface area contributed by atoms with Crippen LogP contribution in [-0.4, -0.2) is 62.5 Å². The lowest BCUT2D eigenvalue weighted by Crippen LogP contribution is -2.43. The van der Waals surface area contributed by atoms with Gasteiger partial charge in [0.2, 0.25) is 11.8 Å². The standard InChI is InChI=1S/C12H24N4O2/c1-2-4-14-11(17)9-15-12(18)10-16-7-3-5-13-6-8-16/h13H,2-10H2,1H3,(H,14,17)(H,15,18). The van der Waals surface area contributed by atoms with Crippen molar-refractivity contribution in [2.24, 2.45) is 0 Å². The van der Waals surface area contributed by atoms with Crippen molar-refractivity contribution in [3.8, 4) is 0 Å². The van der Waals surface area contributed by atoms with Gasteiger partial charge >= 0.3 is 0 Å². The minimum Gasteiger partial charge on any atom is -0.355 e. The summed E-state index contributed by atoms with van der Waals surface area (Å²) in [6.07, 6.45) is 1.96. The zero-order valence-electron chi connectivity index (χ0n) is 11.1. The second kappa shape index (κ2) is 8.88. The van der Waals surface area contributed by atoms with Crippen molar-refractivity contribution in [2.75, 3.05) is 45.8 Å². The largest absolute Gasteiger partial charge is 0.355 e. The summed E-state index contributed by atoms with van der Waals surface area (Å²) in [7, 11) is 0. The highest BCUT2D eigenvalue weighted by Gasteiger charge is 2.12. The molecule has 0 aliphatic carbocycles. The maximum absolute atomic E-state index is 11.6. The number of amides is 2. The third-order valence-electron chi connectivity index (χ3n) is 2.82. The molecule has 1 rings (SSSR count). The molecule has 6 heteroatoms. The Balaban J connectivity index is 2.14. The Morgan fingerprint density at radius 2 is 2.00 bits per heavy atom. The van der Waals surface area contributed by atoms with Crippen LogP contribution in [0.15, 0.2) is 0 Å². The van der Waals surface area contributed by atoms with Gasteiger partial charge in [0.1, 0.15) is 0 Å². The van der Waals surface area contributed by atoms with E-state index in [1.807, 2.05) is 6.92 Å². The second-order valence-electron chi connectivity index (χ2n) is 4.51. The van der Waals surface area contributed by atoms with Crippen molar-refractivity contribution < 1.29 is 9.59 Å². The Hall–Kier alpha value is -1.14. The molecule has 0 saturated carbocycles. The van der Waals surface area contributed by atoms with Crippen molar-refractivity contribution in [1.82, 2.24) is 20.9 Å². The highest BCUT2D eigenvalue weighted by Crippen LogP contribution is 1.94. The Morgan fingerprint density at radius 3 is 2.78 bits per heavy atom. The molecule has 0 bridgehead atoms. The molecule has 0 aromatic rings.